The van der Waals surface area contributed by atoms with Crippen LogP contribution in [0.1, 0.15) is 33.3 Å². The molecular formula is C23H41N5O3. The zero-order chi connectivity index (χ0) is 22.9. The molecule has 1 fully saturated rings. The summed E-state index contributed by atoms with van der Waals surface area (Å²) in [6, 6.07) is 4.06. The highest BCUT2D eigenvalue weighted by atomic mass is 16.5. The molecule has 1 aliphatic heterocycles. The third-order valence-electron chi connectivity index (χ3n) is 5.17. The van der Waals surface area contributed by atoms with Crippen molar-refractivity contribution in [3.05, 3.63) is 17.7 Å². The van der Waals surface area contributed by atoms with Gasteiger partial charge in [-0.25, -0.2) is 0 Å². The van der Waals surface area contributed by atoms with E-state index in [0.717, 1.165) is 63.9 Å². The summed E-state index contributed by atoms with van der Waals surface area (Å²) in [6.45, 7) is 15.8. The molecule has 0 aromatic heterocycles. The van der Waals surface area contributed by atoms with Crippen LogP contribution in [-0.4, -0.2) is 88.4 Å². The van der Waals surface area contributed by atoms with E-state index in [0.29, 0.717) is 17.2 Å². The van der Waals surface area contributed by atoms with Crippen LogP contribution >= 0.6 is 0 Å². The smallest absolute Gasteiger partial charge is 0.203 e. The van der Waals surface area contributed by atoms with Crippen LogP contribution in [0.5, 0.6) is 17.2 Å². The van der Waals surface area contributed by atoms with E-state index in [-0.39, 0.29) is 5.54 Å². The Balaban J connectivity index is 1.95. The van der Waals surface area contributed by atoms with Crippen LogP contribution in [0.25, 0.3) is 0 Å². The van der Waals surface area contributed by atoms with Crippen molar-refractivity contribution < 1.29 is 14.2 Å². The Morgan fingerprint density at radius 2 is 1.61 bits per heavy atom. The van der Waals surface area contributed by atoms with Gasteiger partial charge in [-0.15, -0.1) is 0 Å². The molecule has 0 aliphatic carbocycles. The summed E-state index contributed by atoms with van der Waals surface area (Å²) < 4.78 is 16.4. The third-order valence-corrected chi connectivity index (χ3v) is 5.17. The van der Waals surface area contributed by atoms with Crippen molar-refractivity contribution in [2.75, 3.05) is 67.1 Å². The van der Waals surface area contributed by atoms with E-state index < -0.39 is 0 Å². The fraction of sp³-hybridized carbons (Fsp3) is 0.696. The molecule has 1 aromatic carbocycles. The molecule has 2 rings (SSSR count). The Morgan fingerprint density at radius 3 is 2.10 bits per heavy atom. The zero-order valence-corrected chi connectivity index (χ0v) is 20.4. The highest BCUT2D eigenvalue weighted by Crippen LogP contribution is 2.38. The Kier molecular flexibility index (Phi) is 9.71. The van der Waals surface area contributed by atoms with E-state index in [9.17, 15) is 0 Å². The molecule has 0 saturated carbocycles. The number of hydrogen-bond acceptors (Lipinski definition) is 6. The highest BCUT2D eigenvalue weighted by Gasteiger charge is 2.21. The van der Waals surface area contributed by atoms with Crippen LogP contribution in [0, 0.1) is 0 Å². The van der Waals surface area contributed by atoms with E-state index in [1.165, 1.54) is 0 Å². The molecule has 0 unspecified atom stereocenters. The van der Waals surface area contributed by atoms with Gasteiger partial charge in [0.05, 0.1) is 27.9 Å². The van der Waals surface area contributed by atoms with Crippen molar-refractivity contribution in [1.82, 2.24) is 20.4 Å². The summed E-state index contributed by atoms with van der Waals surface area (Å²) in [5.41, 5.74) is 1.27. The zero-order valence-electron chi connectivity index (χ0n) is 20.4. The van der Waals surface area contributed by atoms with E-state index in [4.69, 9.17) is 19.2 Å². The Bertz CT molecular complexity index is 685. The number of piperazine rings is 1. The predicted octanol–water partition coefficient (Wildman–Crippen LogP) is 2.18. The lowest BCUT2D eigenvalue weighted by Gasteiger charge is -2.36. The fourth-order valence-corrected chi connectivity index (χ4v) is 3.62. The van der Waals surface area contributed by atoms with Gasteiger partial charge in [-0.2, -0.15) is 0 Å². The second kappa shape index (κ2) is 12.0. The minimum absolute atomic E-state index is 0.117. The lowest BCUT2D eigenvalue weighted by molar-refractivity contribution is 0.172. The average Bonchev–Trinajstić information content (AvgIpc) is 2.75. The molecule has 31 heavy (non-hydrogen) atoms. The van der Waals surface area contributed by atoms with Gasteiger partial charge >= 0.3 is 0 Å². The largest absolute Gasteiger partial charge is 0.493 e. The van der Waals surface area contributed by atoms with Gasteiger partial charge in [-0.3, -0.25) is 9.89 Å². The first-order valence-corrected chi connectivity index (χ1v) is 11.1. The number of rotatable bonds is 9. The van der Waals surface area contributed by atoms with Gasteiger partial charge in [0.15, 0.2) is 17.5 Å². The number of hydrogen-bond donors (Lipinski definition) is 2. The molecule has 176 valence electrons. The van der Waals surface area contributed by atoms with E-state index in [1.807, 2.05) is 12.1 Å². The molecule has 1 saturated heterocycles. The molecule has 0 spiro atoms. The van der Waals surface area contributed by atoms with Gasteiger partial charge in [-0.1, -0.05) is 0 Å². The van der Waals surface area contributed by atoms with Crippen LogP contribution < -0.4 is 24.8 Å². The summed E-state index contributed by atoms with van der Waals surface area (Å²) in [4.78, 5) is 9.62. The minimum atomic E-state index is 0.117. The lowest BCUT2D eigenvalue weighted by atomic mass is 10.1. The number of methoxy groups -OCH3 is 3. The summed E-state index contributed by atoms with van der Waals surface area (Å²) in [5, 5.41) is 6.93. The molecule has 1 heterocycles. The number of benzene rings is 1. The van der Waals surface area contributed by atoms with Crippen molar-refractivity contribution in [3.63, 3.8) is 0 Å². The first-order valence-electron chi connectivity index (χ1n) is 11.1. The second-order valence-corrected chi connectivity index (χ2v) is 8.71. The normalized spacial score (nSPS) is 15.7. The van der Waals surface area contributed by atoms with E-state index in [2.05, 4.69) is 48.1 Å². The first kappa shape index (κ1) is 25.1. The van der Waals surface area contributed by atoms with Crippen LogP contribution in [0.4, 0.5) is 0 Å². The van der Waals surface area contributed by atoms with Crippen LogP contribution in [-0.2, 0) is 6.54 Å². The number of ether oxygens (including phenoxy) is 3. The van der Waals surface area contributed by atoms with Crippen LogP contribution in [0.15, 0.2) is 17.1 Å². The molecule has 0 radical (unpaired) electrons. The third kappa shape index (κ3) is 7.78. The summed E-state index contributed by atoms with van der Waals surface area (Å²) in [7, 11) is 4.93. The molecule has 0 bridgehead atoms. The maximum absolute atomic E-state index is 5.49. The topological polar surface area (TPSA) is 70.6 Å². The van der Waals surface area contributed by atoms with Crippen molar-refractivity contribution in [2.45, 2.75) is 39.8 Å². The van der Waals surface area contributed by atoms with E-state index >= 15 is 0 Å². The fourth-order valence-electron chi connectivity index (χ4n) is 3.62. The summed E-state index contributed by atoms with van der Waals surface area (Å²) >= 11 is 0. The molecule has 0 atom stereocenters. The average molecular weight is 436 g/mol. The molecule has 8 nitrogen and oxygen atoms in total. The summed E-state index contributed by atoms with van der Waals surface area (Å²) in [6.07, 6.45) is 0. The van der Waals surface area contributed by atoms with Gasteiger partial charge < -0.3 is 29.7 Å². The second-order valence-electron chi connectivity index (χ2n) is 8.71. The van der Waals surface area contributed by atoms with Gasteiger partial charge in [0.25, 0.3) is 0 Å². The van der Waals surface area contributed by atoms with Gasteiger partial charge in [0.1, 0.15) is 0 Å². The summed E-state index contributed by atoms with van der Waals surface area (Å²) in [5.74, 6) is 3.03. The number of guanidine groups is 1. The standard InChI is InChI=1S/C23H41N5O3/c1-8-24-22(25-9-10-26-23(2,3)4)28-13-11-27(12-14-28)17-18-15-19(29-5)21(31-7)20(16-18)30-6/h15-16,26H,8-14,17H2,1-7H3,(H,24,25). The SMILES string of the molecule is CCNC(=NCCNC(C)(C)C)N1CCN(Cc2cc(OC)c(OC)c(OC)c2)CC1. The first-order chi connectivity index (χ1) is 14.8. The number of aliphatic imine (C=N–C) groups is 1. The number of nitrogens with zero attached hydrogens (tertiary/aromatic N) is 3. The molecular weight excluding hydrogens is 394 g/mol. The number of nitrogens with one attached hydrogen (secondary N) is 2. The van der Waals surface area contributed by atoms with Crippen molar-refractivity contribution in [3.8, 4) is 17.2 Å². The molecule has 1 aliphatic rings. The minimum Gasteiger partial charge on any atom is -0.493 e. The molecule has 2 N–H and O–H groups in total. The van der Waals surface area contributed by atoms with Gasteiger partial charge in [0, 0.05) is 51.4 Å². The van der Waals surface area contributed by atoms with Crippen LogP contribution in [0.2, 0.25) is 0 Å². The quantitative estimate of drug-likeness (QED) is 0.350. The van der Waals surface area contributed by atoms with Crippen molar-refractivity contribution >= 4 is 5.96 Å². The molecule has 0 amide bonds. The maximum atomic E-state index is 5.49. The Labute approximate surface area is 187 Å². The highest BCUT2D eigenvalue weighted by molar-refractivity contribution is 5.80. The van der Waals surface area contributed by atoms with Gasteiger partial charge in [-0.05, 0) is 45.4 Å². The predicted molar refractivity (Wildman–Crippen MR) is 127 cm³/mol. The van der Waals surface area contributed by atoms with Gasteiger partial charge in [0.2, 0.25) is 5.75 Å². The Morgan fingerprint density at radius 1 is 1.00 bits per heavy atom. The lowest BCUT2D eigenvalue weighted by Crippen LogP contribution is -2.52. The van der Waals surface area contributed by atoms with Crippen molar-refractivity contribution in [2.24, 2.45) is 4.99 Å². The molecule has 8 heteroatoms. The monoisotopic (exact) mass is 435 g/mol. The van der Waals surface area contributed by atoms with Crippen LogP contribution in [0.3, 0.4) is 0 Å². The maximum Gasteiger partial charge on any atom is 0.203 e. The van der Waals surface area contributed by atoms with E-state index in [1.54, 1.807) is 21.3 Å². The Hall–Kier alpha value is -2.19. The van der Waals surface area contributed by atoms with Crippen molar-refractivity contribution in [1.29, 1.82) is 0 Å². The molecule has 1 aromatic rings.